The molecule has 21 heavy (non-hydrogen) atoms. The number of hydrogen-bond donors (Lipinski definition) is 0. The van der Waals surface area contributed by atoms with Gasteiger partial charge in [-0.25, -0.2) is 0 Å². The third-order valence-corrected chi connectivity index (χ3v) is 3.02. The third-order valence-electron chi connectivity index (χ3n) is 3.02. The van der Waals surface area contributed by atoms with Crippen LogP contribution in [-0.4, -0.2) is 27.0 Å². The summed E-state index contributed by atoms with van der Waals surface area (Å²) in [6.45, 7) is 0. The van der Waals surface area contributed by atoms with Crippen molar-refractivity contribution in [3.05, 3.63) is 85.2 Å². The van der Waals surface area contributed by atoms with E-state index in [2.05, 4.69) is 34.2 Å². The van der Waals surface area contributed by atoms with E-state index in [0.29, 0.717) is 0 Å². The van der Waals surface area contributed by atoms with Crippen molar-refractivity contribution in [3.8, 4) is 0 Å². The standard InChI is InChI=1S/2C9H7N.H2Se/c2*1-2-6-9-8(4-1)5-3-7-10-9;/h2*1-7H;1H2. The Balaban J connectivity index is 0.000000147. The second kappa shape index (κ2) is 7.53. The first kappa shape index (κ1) is 15.2. The SMILES string of the molecule is [SeH2].c1ccc2ncccc2c1.c1ccc2ncccc2c1. The fourth-order valence-electron chi connectivity index (χ4n) is 2.03. The van der Waals surface area contributed by atoms with Gasteiger partial charge in [-0.2, -0.15) is 0 Å². The van der Waals surface area contributed by atoms with E-state index in [1.165, 1.54) is 10.8 Å². The molecule has 0 radical (unpaired) electrons. The monoisotopic (exact) mass is 340 g/mol. The zero-order chi connectivity index (χ0) is 13.6. The molecule has 0 unspecified atom stereocenters. The first-order chi connectivity index (χ1) is 9.93. The predicted molar refractivity (Wildman–Crippen MR) is 92.0 cm³/mol. The van der Waals surface area contributed by atoms with Crippen molar-refractivity contribution in [2.24, 2.45) is 0 Å². The molecule has 2 aromatic heterocycles. The summed E-state index contributed by atoms with van der Waals surface area (Å²) in [6, 6.07) is 24.2. The molecule has 0 aliphatic heterocycles. The average Bonchev–Trinajstić information content (AvgIpc) is 2.56. The summed E-state index contributed by atoms with van der Waals surface area (Å²) in [5.74, 6) is 0. The van der Waals surface area contributed by atoms with Crippen LogP contribution in [-0.2, 0) is 0 Å². The van der Waals surface area contributed by atoms with Gasteiger partial charge in [0, 0.05) is 23.2 Å². The van der Waals surface area contributed by atoms with Crippen LogP contribution in [0.15, 0.2) is 85.2 Å². The van der Waals surface area contributed by atoms with Gasteiger partial charge >= 0.3 is 17.1 Å². The first-order valence-corrected chi connectivity index (χ1v) is 6.53. The van der Waals surface area contributed by atoms with Gasteiger partial charge in [0.05, 0.1) is 11.0 Å². The molecule has 0 saturated heterocycles. The summed E-state index contributed by atoms with van der Waals surface area (Å²) in [5, 5.41) is 2.40. The molecule has 0 spiro atoms. The van der Waals surface area contributed by atoms with Crippen LogP contribution in [0.1, 0.15) is 0 Å². The molecule has 104 valence electrons. The predicted octanol–water partition coefficient (Wildman–Crippen LogP) is 3.55. The van der Waals surface area contributed by atoms with Gasteiger partial charge in [0.15, 0.2) is 0 Å². The molecule has 0 aliphatic carbocycles. The Morgan fingerprint density at radius 1 is 0.476 bits per heavy atom. The molecule has 0 saturated carbocycles. The molecule has 0 amide bonds. The molecular weight excluding hydrogens is 323 g/mol. The normalized spacial score (nSPS) is 9.52. The zero-order valence-corrected chi connectivity index (χ0v) is 13.6. The maximum absolute atomic E-state index is 4.18. The van der Waals surface area contributed by atoms with Crippen molar-refractivity contribution in [1.82, 2.24) is 9.97 Å². The van der Waals surface area contributed by atoms with Crippen LogP contribution in [0.3, 0.4) is 0 Å². The summed E-state index contributed by atoms with van der Waals surface area (Å²) in [5.41, 5.74) is 2.12. The molecule has 2 heterocycles. The maximum atomic E-state index is 4.18. The van der Waals surface area contributed by atoms with Crippen molar-refractivity contribution < 1.29 is 0 Å². The number of hydrogen-bond acceptors (Lipinski definition) is 2. The third kappa shape index (κ3) is 3.88. The van der Waals surface area contributed by atoms with Gasteiger partial charge in [-0.15, -0.1) is 0 Å². The van der Waals surface area contributed by atoms with Crippen molar-refractivity contribution >= 4 is 38.9 Å². The molecular formula is C18H16N2Se. The first-order valence-electron chi connectivity index (χ1n) is 6.53. The summed E-state index contributed by atoms with van der Waals surface area (Å²) in [6.07, 6.45) is 3.62. The zero-order valence-electron chi connectivity index (χ0n) is 11.5. The van der Waals surface area contributed by atoms with E-state index in [0.717, 1.165) is 11.0 Å². The van der Waals surface area contributed by atoms with E-state index in [-0.39, 0.29) is 17.1 Å². The number of pyridine rings is 2. The largest absolute Gasteiger partial charge is 0.256 e. The number of para-hydroxylation sites is 2. The van der Waals surface area contributed by atoms with E-state index in [1.54, 1.807) is 0 Å². The summed E-state index contributed by atoms with van der Waals surface area (Å²) in [4.78, 5) is 8.36. The topological polar surface area (TPSA) is 25.8 Å². The molecule has 0 fully saturated rings. The second-order valence-corrected chi connectivity index (χ2v) is 4.39. The Kier molecular flexibility index (Phi) is 5.44. The van der Waals surface area contributed by atoms with Crippen molar-refractivity contribution in [2.45, 2.75) is 0 Å². The van der Waals surface area contributed by atoms with Crippen LogP contribution in [0.25, 0.3) is 21.8 Å². The van der Waals surface area contributed by atoms with E-state index >= 15 is 0 Å². The Labute approximate surface area is 134 Å². The minimum Gasteiger partial charge on any atom is -0.256 e. The van der Waals surface area contributed by atoms with E-state index in [4.69, 9.17) is 0 Å². The van der Waals surface area contributed by atoms with E-state index < -0.39 is 0 Å². The average molecular weight is 339 g/mol. The smallest absolute Gasteiger partial charge is 0.0701 e. The van der Waals surface area contributed by atoms with Gasteiger partial charge in [-0.05, 0) is 24.3 Å². The van der Waals surface area contributed by atoms with E-state index in [9.17, 15) is 0 Å². The van der Waals surface area contributed by atoms with Gasteiger partial charge < -0.3 is 0 Å². The van der Waals surface area contributed by atoms with Crippen molar-refractivity contribution in [3.63, 3.8) is 0 Å². The number of fused-ring (bicyclic) bond motifs is 2. The molecule has 3 heteroatoms. The van der Waals surface area contributed by atoms with Gasteiger partial charge in [-0.1, -0.05) is 48.5 Å². The number of nitrogens with zero attached hydrogens (tertiary/aromatic N) is 2. The molecule has 4 aromatic rings. The van der Waals surface area contributed by atoms with Crippen LogP contribution in [0, 0.1) is 0 Å². The quantitative estimate of drug-likeness (QED) is 0.458. The number of aromatic nitrogens is 2. The second-order valence-electron chi connectivity index (χ2n) is 4.39. The van der Waals surface area contributed by atoms with E-state index in [1.807, 2.05) is 60.9 Å². The summed E-state index contributed by atoms with van der Waals surface area (Å²) in [7, 11) is 0. The van der Waals surface area contributed by atoms with Crippen LogP contribution < -0.4 is 0 Å². The molecule has 0 N–H and O–H groups in total. The minimum absolute atomic E-state index is 0. The van der Waals surface area contributed by atoms with Crippen LogP contribution >= 0.6 is 0 Å². The van der Waals surface area contributed by atoms with Crippen LogP contribution in [0.2, 0.25) is 0 Å². The fraction of sp³-hybridized carbons (Fsp3) is 0. The molecule has 2 nitrogen and oxygen atoms in total. The fourth-order valence-corrected chi connectivity index (χ4v) is 2.03. The van der Waals surface area contributed by atoms with Crippen LogP contribution in [0.5, 0.6) is 0 Å². The number of benzene rings is 2. The van der Waals surface area contributed by atoms with Gasteiger partial charge in [0.1, 0.15) is 0 Å². The molecule has 4 rings (SSSR count). The summed E-state index contributed by atoms with van der Waals surface area (Å²) < 4.78 is 0. The Hall–Kier alpha value is -2.22. The van der Waals surface area contributed by atoms with Crippen molar-refractivity contribution in [1.29, 1.82) is 0 Å². The van der Waals surface area contributed by atoms with Gasteiger partial charge in [-0.3, -0.25) is 9.97 Å². The molecule has 0 atom stereocenters. The maximum Gasteiger partial charge on any atom is 0.0701 e. The summed E-state index contributed by atoms with van der Waals surface area (Å²) >= 11 is 0. The van der Waals surface area contributed by atoms with Gasteiger partial charge in [0.2, 0.25) is 0 Å². The molecule has 0 bridgehead atoms. The molecule has 0 aliphatic rings. The minimum atomic E-state index is 0. The van der Waals surface area contributed by atoms with Crippen molar-refractivity contribution in [2.75, 3.05) is 0 Å². The Bertz CT molecular complexity index is 628. The Morgan fingerprint density at radius 3 is 1.29 bits per heavy atom. The Morgan fingerprint density at radius 2 is 0.857 bits per heavy atom. The number of rotatable bonds is 0. The van der Waals surface area contributed by atoms with Crippen LogP contribution in [0.4, 0.5) is 0 Å². The molecule has 2 aromatic carbocycles. The van der Waals surface area contributed by atoms with Gasteiger partial charge in [0.25, 0.3) is 0 Å².